The molecule has 0 aliphatic carbocycles. The van der Waals surface area contributed by atoms with Gasteiger partial charge in [0.1, 0.15) is 11.8 Å². The highest BCUT2D eigenvalue weighted by Gasteiger charge is 2.20. The van der Waals surface area contributed by atoms with Crippen molar-refractivity contribution < 1.29 is 24.2 Å². The lowest BCUT2D eigenvalue weighted by atomic mass is 10.1. The van der Waals surface area contributed by atoms with E-state index in [4.69, 9.17) is 14.3 Å². The first-order valence-electron chi connectivity index (χ1n) is 7.10. The minimum absolute atomic E-state index is 0.0396. The predicted molar refractivity (Wildman–Crippen MR) is 82.8 cm³/mol. The van der Waals surface area contributed by atoms with Crippen LogP contribution in [-0.2, 0) is 11.4 Å². The van der Waals surface area contributed by atoms with E-state index in [1.54, 1.807) is 26.0 Å². The summed E-state index contributed by atoms with van der Waals surface area (Å²) in [5, 5.41) is 18.8. The number of carboxylic acids is 1. The Morgan fingerprint density at radius 2 is 2.09 bits per heavy atom. The Hall–Kier alpha value is -2.83. The van der Waals surface area contributed by atoms with E-state index in [0.717, 1.165) is 0 Å². The lowest BCUT2D eigenvalue weighted by molar-refractivity contribution is -0.139. The van der Waals surface area contributed by atoms with E-state index < -0.39 is 18.0 Å². The molecule has 0 aliphatic heterocycles. The first-order valence-corrected chi connectivity index (χ1v) is 7.10. The van der Waals surface area contributed by atoms with E-state index in [0.29, 0.717) is 5.75 Å². The molecule has 1 atom stereocenters. The Bertz CT molecular complexity index is 679. The Morgan fingerprint density at radius 1 is 1.39 bits per heavy atom. The summed E-state index contributed by atoms with van der Waals surface area (Å²) >= 11 is 0. The minimum atomic E-state index is -1.04. The van der Waals surface area contributed by atoms with Gasteiger partial charge in [0.15, 0.2) is 12.3 Å². The summed E-state index contributed by atoms with van der Waals surface area (Å²) in [5.41, 5.74) is 0.0727. The largest absolute Gasteiger partial charge is 0.484 e. The number of hydrogen-bond donors (Lipinski definition) is 2. The van der Waals surface area contributed by atoms with Gasteiger partial charge >= 0.3 is 11.9 Å². The summed E-state index contributed by atoms with van der Waals surface area (Å²) in [5.74, 6) is -0.825. The van der Waals surface area contributed by atoms with Gasteiger partial charge in [-0.15, -0.1) is 0 Å². The van der Waals surface area contributed by atoms with Gasteiger partial charge in [0, 0.05) is 0 Å². The molecule has 7 heteroatoms. The van der Waals surface area contributed by atoms with E-state index in [1.165, 1.54) is 6.21 Å². The highest BCUT2D eigenvalue weighted by Crippen LogP contribution is 2.19. The van der Waals surface area contributed by atoms with Crippen molar-refractivity contribution in [3.05, 3.63) is 41.9 Å². The van der Waals surface area contributed by atoms with Crippen LogP contribution in [0.2, 0.25) is 0 Å². The molecule has 122 valence electrons. The van der Waals surface area contributed by atoms with E-state index in [2.05, 4.69) is 9.98 Å². The molecule has 0 bridgehead atoms. The first-order chi connectivity index (χ1) is 11.0. The van der Waals surface area contributed by atoms with Crippen LogP contribution in [0.25, 0.3) is 0 Å². The smallest absolute Gasteiger partial charge is 0.328 e. The van der Waals surface area contributed by atoms with Crippen LogP contribution in [0.3, 0.4) is 0 Å². The number of aromatic hydroxyl groups is 1. The molecule has 1 aromatic heterocycles. The van der Waals surface area contributed by atoms with E-state index >= 15 is 0 Å². The number of nitrogens with zero attached hydrogens (tertiary/aromatic N) is 2. The molecule has 2 rings (SSSR count). The molecule has 1 aromatic carbocycles. The standard InChI is InChI=1S/C16H18N2O5/c1-10(2)14(15(19)20)17-8-12-16(21)23-13(18-12)9-22-11-6-4-3-5-7-11/h3-8,10,14,21H,9H2,1-2H3,(H,19,20). The van der Waals surface area contributed by atoms with Crippen molar-refractivity contribution in [2.24, 2.45) is 10.9 Å². The second-order valence-electron chi connectivity index (χ2n) is 5.20. The molecule has 0 radical (unpaired) electrons. The number of benzene rings is 1. The van der Waals surface area contributed by atoms with Crippen molar-refractivity contribution in [3.8, 4) is 11.7 Å². The maximum Gasteiger partial charge on any atom is 0.328 e. The molecule has 0 saturated heterocycles. The van der Waals surface area contributed by atoms with Crippen molar-refractivity contribution in [2.45, 2.75) is 26.5 Å². The molecule has 7 nitrogen and oxygen atoms in total. The normalized spacial score (nSPS) is 12.7. The van der Waals surface area contributed by atoms with Crippen LogP contribution in [0.15, 0.2) is 39.7 Å². The highest BCUT2D eigenvalue weighted by atomic mass is 16.5. The summed E-state index contributed by atoms with van der Waals surface area (Å²) in [6, 6.07) is 8.19. The van der Waals surface area contributed by atoms with Gasteiger partial charge < -0.3 is 19.4 Å². The molecule has 0 aliphatic rings. The van der Waals surface area contributed by atoms with Gasteiger partial charge in [0.25, 0.3) is 0 Å². The predicted octanol–water partition coefficient (Wildman–Crippen LogP) is 2.49. The number of carboxylic acid groups (broad SMARTS) is 1. The monoisotopic (exact) mass is 318 g/mol. The molecule has 1 unspecified atom stereocenters. The van der Waals surface area contributed by atoms with Crippen LogP contribution in [0.1, 0.15) is 25.4 Å². The van der Waals surface area contributed by atoms with E-state index in [1.807, 2.05) is 18.2 Å². The van der Waals surface area contributed by atoms with Crippen LogP contribution < -0.4 is 4.74 Å². The van der Waals surface area contributed by atoms with Crippen molar-refractivity contribution in [3.63, 3.8) is 0 Å². The fraction of sp³-hybridized carbons (Fsp3) is 0.312. The number of hydrogen-bond acceptors (Lipinski definition) is 6. The Morgan fingerprint density at radius 3 is 2.70 bits per heavy atom. The van der Waals surface area contributed by atoms with Crippen LogP contribution in [-0.4, -0.2) is 33.4 Å². The second kappa shape index (κ2) is 7.44. The number of aromatic nitrogens is 1. The molecule has 2 N–H and O–H groups in total. The molecule has 23 heavy (non-hydrogen) atoms. The Kier molecular flexibility index (Phi) is 5.35. The number of ether oxygens (including phenoxy) is 1. The average molecular weight is 318 g/mol. The van der Waals surface area contributed by atoms with Gasteiger partial charge in [-0.05, 0) is 18.1 Å². The maximum absolute atomic E-state index is 11.1. The SMILES string of the molecule is CC(C)C(N=Cc1nc(COc2ccccc2)oc1O)C(=O)O. The molecular formula is C16H18N2O5. The lowest BCUT2D eigenvalue weighted by Crippen LogP contribution is -2.24. The van der Waals surface area contributed by atoms with Crippen LogP contribution in [0.5, 0.6) is 11.7 Å². The van der Waals surface area contributed by atoms with Gasteiger partial charge in [0.2, 0.25) is 5.89 Å². The van der Waals surface area contributed by atoms with Gasteiger partial charge in [-0.3, -0.25) is 4.99 Å². The molecule has 0 amide bonds. The van der Waals surface area contributed by atoms with Crippen molar-refractivity contribution >= 4 is 12.2 Å². The van der Waals surface area contributed by atoms with Crippen LogP contribution in [0.4, 0.5) is 0 Å². The highest BCUT2D eigenvalue weighted by molar-refractivity contribution is 5.83. The van der Waals surface area contributed by atoms with Crippen molar-refractivity contribution in [1.82, 2.24) is 4.98 Å². The van der Waals surface area contributed by atoms with E-state index in [9.17, 15) is 9.90 Å². The zero-order valence-electron chi connectivity index (χ0n) is 12.8. The maximum atomic E-state index is 11.1. The van der Waals surface area contributed by atoms with Crippen LogP contribution in [0, 0.1) is 5.92 Å². The molecule has 0 spiro atoms. The number of aliphatic imine (C=N–C) groups is 1. The average Bonchev–Trinajstić information content (AvgIpc) is 2.86. The first kappa shape index (κ1) is 16.5. The minimum Gasteiger partial charge on any atom is -0.484 e. The molecule has 2 aromatic rings. The fourth-order valence-electron chi connectivity index (χ4n) is 1.85. The van der Waals surface area contributed by atoms with Gasteiger partial charge in [0.05, 0.1) is 6.21 Å². The number of para-hydroxylation sites is 1. The van der Waals surface area contributed by atoms with Crippen LogP contribution >= 0.6 is 0 Å². The topological polar surface area (TPSA) is 105 Å². The Balaban J connectivity index is 2.04. The third-order valence-electron chi connectivity index (χ3n) is 3.03. The number of aliphatic carboxylic acids is 1. The lowest BCUT2D eigenvalue weighted by Gasteiger charge is -2.09. The zero-order chi connectivity index (χ0) is 16.8. The summed E-state index contributed by atoms with van der Waals surface area (Å²) in [6.45, 7) is 3.54. The van der Waals surface area contributed by atoms with Crippen molar-refractivity contribution in [2.75, 3.05) is 0 Å². The molecule has 0 fully saturated rings. The molecule has 0 saturated carbocycles. The quantitative estimate of drug-likeness (QED) is 0.760. The number of oxazole rings is 1. The Labute approximate surface area is 133 Å². The zero-order valence-corrected chi connectivity index (χ0v) is 12.8. The molecular weight excluding hydrogens is 300 g/mol. The fourth-order valence-corrected chi connectivity index (χ4v) is 1.85. The van der Waals surface area contributed by atoms with E-state index in [-0.39, 0.29) is 24.1 Å². The summed E-state index contributed by atoms with van der Waals surface area (Å²) < 4.78 is 10.5. The second-order valence-corrected chi connectivity index (χ2v) is 5.20. The van der Waals surface area contributed by atoms with Crippen molar-refractivity contribution in [1.29, 1.82) is 0 Å². The number of carbonyl (C=O) groups is 1. The third-order valence-corrected chi connectivity index (χ3v) is 3.03. The van der Waals surface area contributed by atoms with Gasteiger partial charge in [-0.1, -0.05) is 32.0 Å². The summed E-state index contributed by atoms with van der Waals surface area (Å²) in [6.07, 6.45) is 1.20. The number of rotatable bonds is 7. The van der Waals surface area contributed by atoms with Gasteiger partial charge in [-0.25, -0.2) is 9.78 Å². The molecule has 1 heterocycles. The summed E-state index contributed by atoms with van der Waals surface area (Å²) in [7, 11) is 0. The third kappa shape index (κ3) is 4.57. The summed E-state index contributed by atoms with van der Waals surface area (Å²) in [4.78, 5) is 19.0. The van der Waals surface area contributed by atoms with Gasteiger partial charge in [-0.2, -0.15) is 0 Å².